The third kappa shape index (κ3) is 5.02. The molecule has 2 aromatic rings. The minimum Gasteiger partial charge on any atom is -0.352 e. The summed E-state index contributed by atoms with van der Waals surface area (Å²) < 4.78 is 22.6. The van der Waals surface area contributed by atoms with Crippen LogP contribution < -0.4 is 15.4 Å². The number of nitrogens with two attached hydrogens (primary N) is 1. The molecule has 2 amide bonds. The smallest absolute Gasteiger partial charge is 0.238 e. The van der Waals surface area contributed by atoms with Crippen LogP contribution in [0.1, 0.15) is 37.3 Å². The van der Waals surface area contributed by atoms with E-state index in [-0.39, 0.29) is 29.7 Å². The fraction of sp³-hybridized carbons (Fsp3) is 0.333. The van der Waals surface area contributed by atoms with Crippen molar-refractivity contribution in [1.29, 1.82) is 0 Å². The third-order valence-electron chi connectivity index (χ3n) is 5.09. The van der Waals surface area contributed by atoms with Crippen molar-refractivity contribution in [3.8, 4) is 0 Å². The van der Waals surface area contributed by atoms with E-state index >= 15 is 0 Å². The van der Waals surface area contributed by atoms with E-state index in [0.717, 1.165) is 11.3 Å². The van der Waals surface area contributed by atoms with Crippen LogP contribution in [0.25, 0.3) is 0 Å². The van der Waals surface area contributed by atoms with Gasteiger partial charge in [0.1, 0.15) is 0 Å². The van der Waals surface area contributed by atoms with E-state index in [0.29, 0.717) is 12.5 Å². The van der Waals surface area contributed by atoms with Crippen LogP contribution in [0.5, 0.6) is 0 Å². The predicted molar refractivity (Wildman–Crippen MR) is 111 cm³/mol. The largest absolute Gasteiger partial charge is 0.352 e. The minimum absolute atomic E-state index is 0.0214. The molecule has 2 aromatic carbocycles. The first-order valence-corrected chi connectivity index (χ1v) is 11.0. The Bertz CT molecular complexity index is 999. The Morgan fingerprint density at radius 2 is 1.76 bits per heavy atom. The molecular weight excluding hydrogens is 390 g/mol. The fourth-order valence-electron chi connectivity index (χ4n) is 3.30. The summed E-state index contributed by atoms with van der Waals surface area (Å²) in [6, 6.07) is 13.8. The number of hydrogen-bond acceptors (Lipinski definition) is 4. The molecule has 1 aliphatic rings. The van der Waals surface area contributed by atoms with Gasteiger partial charge in [0.2, 0.25) is 21.8 Å². The Labute approximate surface area is 171 Å². The molecule has 8 heteroatoms. The van der Waals surface area contributed by atoms with Gasteiger partial charge in [0.05, 0.1) is 10.8 Å². The summed E-state index contributed by atoms with van der Waals surface area (Å²) in [5.41, 5.74) is 2.74. The quantitative estimate of drug-likeness (QED) is 0.753. The molecule has 1 heterocycles. The molecule has 1 aliphatic heterocycles. The van der Waals surface area contributed by atoms with Crippen molar-refractivity contribution >= 4 is 27.5 Å². The summed E-state index contributed by atoms with van der Waals surface area (Å²) in [5.74, 6) is -0.276. The first-order chi connectivity index (χ1) is 13.6. The first kappa shape index (κ1) is 21.0. The zero-order valence-electron chi connectivity index (χ0n) is 16.5. The van der Waals surface area contributed by atoms with E-state index in [4.69, 9.17) is 5.14 Å². The standard InChI is InChI=1S/C21H25N3O4S/c1-14(2)16-5-7-18(8-6-16)24-13-17(11-20(24)25)21(26)23-12-15-3-9-19(10-4-15)29(22,27)28/h3-10,14,17H,11-13H2,1-2H3,(H,23,26)(H2,22,27,28). The second-order valence-corrected chi connectivity index (χ2v) is 9.12. The molecule has 0 saturated carbocycles. The van der Waals surface area contributed by atoms with Gasteiger partial charge in [-0.2, -0.15) is 0 Å². The van der Waals surface area contributed by atoms with E-state index in [2.05, 4.69) is 19.2 Å². The van der Waals surface area contributed by atoms with Crippen molar-refractivity contribution in [1.82, 2.24) is 5.32 Å². The van der Waals surface area contributed by atoms with Gasteiger partial charge >= 0.3 is 0 Å². The molecule has 3 N–H and O–H groups in total. The molecule has 1 fully saturated rings. The molecule has 0 aromatic heterocycles. The van der Waals surface area contributed by atoms with Crippen LogP contribution in [0.15, 0.2) is 53.4 Å². The number of amides is 2. The number of carbonyl (C=O) groups is 2. The van der Waals surface area contributed by atoms with Crippen LogP contribution in [0.3, 0.4) is 0 Å². The molecule has 0 radical (unpaired) electrons. The van der Waals surface area contributed by atoms with Gasteiger partial charge in [-0.25, -0.2) is 13.6 Å². The zero-order chi connectivity index (χ0) is 21.2. The van der Waals surface area contributed by atoms with Crippen LogP contribution in [0.2, 0.25) is 0 Å². The highest BCUT2D eigenvalue weighted by molar-refractivity contribution is 7.89. The molecule has 3 rings (SSSR count). The SMILES string of the molecule is CC(C)c1ccc(N2CC(C(=O)NCc3ccc(S(N)(=O)=O)cc3)CC2=O)cc1. The second-order valence-electron chi connectivity index (χ2n) is 7.56. The summed E-state index contributed by atoms with van der Waals surface area (Å²) in [5, 5.41) is 7.89. The van der Waals surface area contributed by atoms with E-state index < -0.39 is 15.9 Å². The number of rotatable bonds is 6. The van der Waals surface area contributed by atoms with Crippen LogP contribution >= 0.6 is 0 Å². The average molecular weight is 416 g/mol. The van der Waals surface area contributed by atoms with Crippen LogP contribution in [-0.2, 0) is 26.2 Å². The lowest BCUT2D eigenvalue weighted by Crippen LogP contribution is -2.32. The number of sulfonamides is 1. The van der Waals surface area contributed by atoms with Gasteiger partial charge in [-0.1, -0.05) is 38.1 Å². The Morgan fingerprint density at radius 1 is 1.14 bits per heavy atom. The van der Waals surface area contributed by atoms with Crippen LogP contribution in [-0.4, -0.2) is 26.8 Å². The van der Waals surface area contributed by atoms with Crippen molar-refractivity contribution in [2.75, 3.05) is 11.4 Å². The lowest BCUT2D eigenvalue weighted by atomic mass is 10.0. The molecule has 154 valence electrons. The maximum atomic E-state index is 12.5. The lowest BCUT2D eigenvalue weighted by molar-refractivity contribution is -0.126. The molecule has 0 spiro atoms. The Hall–Kier alpha value is -2.71. The molecule has 29 heavy (non-hydrogen) atoms. The predicted octanol–water partition coefficient (Wildman–Crippen LogP) is 2.13. The highest BCUT2D eigenvalue weighted by atomic mass is 32.2. The number of benzene rings is 2. The first-order valence-electron chi connectivity index (χ1n) is 9.45. The van der Waals surface area contributed by atoms with Crippen molar-refractivity contribution in [3.05, 3.63) is 59.7 Å². The van der Waals surface area contributed by atoms with E-state index in [9.17, 15) is 18.0 Å². The molecule has 0 bridgehead atoms. The highest BCUT2D eigenvalue weighted by Gasteiger charge is 2.35. The van der Waals surface area contributed by atoms with Gasteiger partial charge in [-0.05, 0) is 41.3 Å². The van der Waals surface area contributed by atoms with Crippen molar-refractivity contribution in [3.63, 3.8) is 0 Å². The Morgan fingerprint density at radius 3 is 2.31 bits per heavy atom. The lowest BCUT2D eigenvalue weighted by Gasteiger charge is -2.18. The van der Waals surface area contributed by atoms with Crippen LogP contribution in [0, 0.1) is 5.92 Å². The second kappa shape index (κ2) is 8.34. The Balaban J connectivity index is 1.59. The van der Waals surface area contributed by atoms with Crippen molar-refractivity contribution in [2.24, 2.45) is 11.1 Å². The maximum Gasteiger partial charge on any atom is 0.238 e. The molecule has 0 aliphatic carbocycles. The minimum atomic E-state index is -3.74. The number of anilines is 1. The maximum absolute atomic E-state index is 12.5. The third-order valence-corrected chi connectivity index (χ3v) is 6.02. The van der Waals surface area contributed by atoms with Crippen molar-refractivity contribution in [2.45, 2.75) is 37.6 Å². The zero-order valence-corrected chi connectivity index (χ0v) is 17.3. The summed E-state index contributed by atoms with van der Waals surface area (Å²) in [4.78, 5) is 26.6. The molecular formula is C21H25N3O4S. The number of hydrogen-bond donors (Lipinski definition) is 2. The van der Waals surface area contributed by atoms with Gasteiger partial charge in [-0.3, -0.25) is 9.59 Å². The normalized spacial score (nSPS) is 17.0. The van der Waals surface area contributed by atoms with Gasteiger partial charge in [0.25, 0.3) is 0 Å². The van der Waals surface area contributed by atoms with Gasteiger partial charge < -0.3 is 10.2 Å². The molecule has 1 atom stereocenters. The summed E-state index contributed by atoms with van der Waals surface area (Å²) >= 11 is 0. The number of carbonyl (C=O) groups excluding carboxylic acids is 2. The topological polar surface area (TPSA) is 110 Å². The number of primary sulfonamides is 1. The fourth-order valence-corrected chi connectivity index (χ4v) is 3.82. The van der Waals surface area contributed by atoms with Gasteiger partial charge in [0, 0.05) is 25.2 Å². The summed E-state index contributed by atoms with van der Waals surface area (Å²) in [6.07, 6.45) is 0.169. The molecule has 1 unspecified atom stereocenters. The van der Waals surface area contributed by atoms with Crippen LogP contribution in [0.4, 0.5) is 5.69 Å². The average Bonchev–Trinajstić information content (AvgIpc) is 3.07. The number of nitrogens with one attached hydrogen (secondary N) is 1. The molecule has 7 nitrogen and oxygen atoms in total. The molecule has 1 saturated heterocycles. The van der Waals surface area contributed by atoms with E-state index in [1.54, 1.807) is 17.0 Å². The van der Waals surface area contributed by atoms with Crippen molar-refractivity contribution < 1.29 is 18.0 Å². The number of nitrogens with zero attached hydrogens (tertiary/aromatic N) is 1. The summed E-state index contributed by atoms with van der Waals surface area (Å²) in [7, 11) is -3.74. The van der Waals surface area contributed by atoms with Gasteiger partial charge in [-0.15, -0.1) is 0 Å². The monoisotopic (exact) mass is 415 g/mol. The van der Waals surface area contributed by atoms with E-state index in [1.807, 2.05) is 24.3 Å². The summed E-state index contributed by atoms with van der Waals surface area (Å²) in [6.45, 7) is 4.81. The van der Waals surface area contributed by atoms with E-state index in [1.165, 1.54) is 17.7 Å². The van der Waals surface area contributed by atoms with Gasteiger partial charge in [0.15, 0.2) is 0 Å². The highest BCUT2D eigenvalue weighted by Crippen LogP contribution is 2.27. The Kier molecular flexibility index (Phi) is 6.04.